The molecule has 0 aromatic heterocycles. The topological polar surface area (TPSA) is 89.6 Å². The number of hydrogen-bond donors (Lipinski definition) is 2. The number of carboxylic acid groups (broad SMARTS) is 1. The Bertz CT molecular complexity index is 589. The predicted molar refractivity (Wildman–Crippen MR) is 75.0 cm³/mol. The van der Waals surface area contributed by atoms with E-state index in [1.165, 1.54) is 6.07 Å². The van der Waals surface area contributed by atoms with Gasteiger partial charge in [-0.05, 0) is 40.0 Å². The summed E-state index contributed by atoms with van der Waals surface area (Å²) in [4.78, 5) is 22.3. The summed E-state index contributed by atoms with van der Waals surface area (Å²) in [6, 6.07) is 2.13. The molecule has 1 aromatic rings. The van der Waals surface area contributed by atoms with Gasteiger partial charge in [-0.3, -0.25) is 9.59 Å². The van der Waals surface area contributed by atoms with Crippen LogP contribution < -0.4 is 5.73 Å². The third-order valence-corrected chi connectivity index (χ3v) is 3.59. The summed E-state index contributed by atoms with van der Waals surface area (Å²) in [5.41, 5.74) is 4.00. The van der Waals surface area contributed by atoms with Crippen molar-refractivity contribution in [2.75, 3.05) is 12.8 Å². The summed E-state index contributed by atoms with van der Waals surface area (Å²) in [5.74, 6) is -3.14. The summed E-state index contributed by atoms with van der Waals surface area (Å²) in [6.45, 7) is 0. The minimum Gasteiger partial charge on any atom is -0.481 e. The Hall–Kier alpha value is -1.77. The van der Waals surface area contributed by atoms with E-state index in [2.05, 4.69) is 20.7 Å². The van der Waals surface area contributed by atoms with E-state index < -0.39 is 41.7 Å². The molecule has 0 amide bonds. The molecule has 0 saturated carbocycles. The minimum absolute atomic E-state index is 0.0243. The maximum absolute atomic E-state index is 12.9. The number of rotatable bonds is 5. The molecule has 9 heteroatoms. The number of carbonyl (C=O) groups is 2. The molecule has 1 rings (SSSR count). The number of aliphatic carboxylic acids is 1. The number of nitrogen functional groups attached to an aromatic ring is 1. The molecular formula is C13H13BrF3NO4. The van der Waals surface area contributed by atoms with Crippen LogP contribution in [0.1, 0.15) is 17.5 Å². The van der Waals surface area contributed by atoms with Gasteiger partial charge >= 0.3 is 18.1 Å². The van der Waals surface area contributed by atoms with Crippen LogP contribution in [-0.4, -0.2) is 24.2 Å². The van der Waals surface area contributed by atoms with Crippen LogP contribution in [0, 0.1) is 5.92 Å². The molecule has 1 atom stereocenters. The van der Waals surface area contributed by atoms with E-state index in [1.54, 1.807) is 0 Å². The molecule has 5 nitrogen and oxygen atoms in total. The molecule has 1 aromatic carbocycles. The third kappa shape index (κ3) is 4.62. The van der Waals surface area contributed by atoms with E-state index >= 15 is 0 Å². The van der Waals surface area contributed by atoms with E-state index in [1.807, 2.05) is 0 Å². The van der Waals surface area contributed by atoms with Gasteiger partial charge in [0.15, 0.2) is 0 Å². The number of hydrogen-bond acceptors (Lipinski definition) is 4. The largest absolute Gasteiger partial charge is 0.481 e. The Morgan fingerprint density at radius 2 is 2.00 bits per heavy atom. The number of carboxylic acids is 1. The smallest absolute Gasteiger partial charge is 0.418 e. The van der Waals surface area contributed by atoms with Gasteiger partial charge in [0.2, 0.25) is 0 Å². The van der Waals surface area contributed by atoms with Crippen molar-refractivity contribution in [3.63, 3.8) is 0 Å². The molecule has 3 N–H and O–H groups in total. The standard InChI is InChI=1S/C13H13BrF3NO4/c1-22-12(21)7(5-10(19)20)2-6-3-8(13(15,16)17)11(18)9(14)4-6/h3-4,7H,2,5,18H2,1H3,(H,19,20)/t7-/m0/s1. The highest BCUT2D eigenvalue weighted by molar-refractivity contribution is 9.10. The molecule has 0 unspecified atom stereocenters. The summed E-state index contributed by atoms with van der Waals surface area (Å²) in [7, 11) is 1.08. The Balaban J connectivity index is 3.17. The number of ether oxygens (including phenoxy) is 1. The van der Waals surface area contributed by atoms with E-state index in [0.717, 1.165) is 13.2 Å². The van der Waals surface area contributed by atoms with Crippen molar-refractivity contribution < 1.29 is 32.6 Å². The van der Waals surface area contributed by atoms with Crippen LogP contribution in [0.2, 0.25) is 0 Å². The van der Waals surface area contributed by atoms with Gasteiger partial charge in [-0.15, -0.1) is 0 Å². The van der Waals surface area contributed by atoms with Crippen molar-refractivity contribution in [3.05, 3.63) is 27.7 Å². The van der Waals surface area contributed by atoms with Gasteiger partial charge in [0.1, 0.15) is 0 Å². The first-order chi connectivity index (χ1) is 10.1. The van der Waals surface area contributed by atoms with Gasteiger partial charge < -0.3 is 15.6 Å². The van der Waals surface area contributed by atoms with Gasteiger partial charge in [-0.2, -0.15) is 13.2 Å². The van der Waals surface area contributed by atoms with E-state index in [9.17, 15) is 22.8 Å². The monoisotopic (exact) mass is 383 g/mol. The van der Waals surface area contributed by atoms with Crippen LogP contribution >= 0.6 is 15.9 Å². The van der Waals surface area contributed by atoms with Crippen LogP contribution in [0.15, 0.2) is 16.6 Å². The average Bonchev–Trinajstić information content (AvgIpc) is 2.39. The molecule has 122 valence electrons. The first kappa shape index (κ1) is 18.3. The van der Waals surface area contributed by atoms with Gasteiger partial charge in [-0.25, -0.2) is 0 Å². The van der Waals surface area contributed by atoms with E-state index in [4.69, 9.17) is 10.8 Å². The lowest BCUT2D eigenvalue weighted by Gasteiger charge is -2.16. The molecule has 0 heterocycles. The van der Waals surface area contributed by atoms with Crippen molar-refractivity contribution in [2.24, 2.45) is 5.92 Å². The van der Waals surface area contributed by atoms with Crippen LogP contribution in [0.4, 0.5) is 18.9 Å². The summed E-state index contributed by atoms with van der Waals surface area (Å²) in [5, 5.41) is 8.77. The van der Waals surface area contributed by atoms with Crippen molar-refractivity contribution in [3.8, 4) is 0 Å². The second-order valence-electron chi connectivity index (χ2n) is 4.56. The zero-order valence-corrected chi connectivity index (χ0v) is 13.0. The fourth-order valence-corrected chi connectivity index (χ4v) is 2.43. The Kier molecular flexibility index (Phi) is 5.81. The highest BCUT2D eigenvalue weighted by Crippen LogP contribution is 2.38. The maximum atomic E-state index is 12.9. The van der Waals surface area contributed by atoms with Crippen LogP contribution in [-0.2, 0) is 26.9 Å². The summed E-state index contributed by atoms with van der Waals surface area (Å²) in [6.07, 6.45) is -5.41. The number of benzene rings is 1. The van der Waals surface area contributed by atoms with Gasteiger partial charge in [0.05, 0.1) is 30.7 Å². The number of anilines is 1. The molecule has 0 aliphatic rings. The van der Waals surface area contributed by atoms with Gasteiger partial charge in [0, 0.05) is 4.47 Å². The van der Waals surface area contributed by atoms with Crippen LogP contribution in [0.5, 0.6) is 0 Å². The highest BCUT2D eigenvalue weighted by Gasteiger charge is 2.34. The van der Waals surface area contributed by atoms with Crippen LogP contribution in [0.25, 0.3) is 0 Å². The normalized spacial score (nSPS) is 12.8. The molecule has 0 fully saturated rings. The molecular weight excluding hydrogens is 371 g/mol. The summed E-state index contributed by atoms with van der Waals surface area (Å²) < 4.78 is 43.2. The van der Waals surface area contributed by atoms with Crippen molar-refractivity contribution >= 4 is 33.6 Å². The SMILES string of the molecule is COC(=O)[C@H](CC(=O)O)Cc1cc(Br)c(N)c(C(F)(F)F)c1. The number of alkyl halides is 3. The molecule has 0 bridgehead atoms. The Morgan fingerprint density at radius 1 is 1.41 bits per heavy atom. The summed E-state index contributed by atoms with van der Waals surface area (Å²) >= 11 is 2.93. The number of carbonyl (C=O) groups excluding carboxylic acids is 1. The average molecular weight is 384 g/mol. The second-order valence-corrected chi connectivity index (χ2v) is 5.41. The second kappa shape index (κ2) is 6.99. The van der Waals surface area contributed by atoms with Crippen molar-refractivity contribution in [1.82, 2.24) is 0 Å². The quantitative estimate of drug-likeness (QED) is 0.602. The Labute approximate surface area is 132 Å². The van der Waals surface area contributed by atoms with Crippen molar-refractivity contribution in [2.45, 2.75) is 19.0 Å². The number of methoxy groups -OCH3 is 1. The molecule has 0 radical (unpaired) electrons. The highest BCUT2D eigenvalue weighted by atomic mass is 79.9. The number of esters is 1. The number of halogens is 4. The molecule has 22 heavy (non-hydrogen) atoms. The van der Waals surface area contributed by atoms with Gasteiger partial charge in [0.25, 0.3) is 0 Å². The zero-order valence-electron chi connectivity index (χ0n) is 11.4. The molecule has 0 aliphatic heterocycles. The lowest BCUT2D eigenvalue weighted by atomic mass is 9.94. The fourth-order valence-electron chi connectivity index (χ4n) is 1.93. The first-order valence-corrected chi connectivity index (χ1v) is 6.80. The minimum atomic E-state index is -4.66. The lowest BCUT2D eigenvalue weighted by molar-refractivity contribution is -0.150. The van der Waals surface area contributed by atoms with Crippen LogP contribution in [0.3, 0.4) is 0 Å². The van der Waals surface area contributed by atoms with E-state index in [-0.39, 0.29) is 16.5 Å². The zero-order chi connectivity index (χ0) is 17.1. The van der Waals surface area contributed by atoms with E-state index in [0.29, 0.717) is 0 Å². The Morgan fingerprint density at radius 3 is 2.45 bits per heavy atom. The molecule has 0 saturated heterocycles. The fraction of sp³-hybridized carbons (Fsp3) is 0.385. The predicted octanol–water partition coefficient (Wildman–Crippen LogP) is 2.86. The van der Waals surface area contributed by atoms with Crippen molar-refractivity contribution in [1.29, 1.82) is 0 Å². The first-order valence-electron chi connectivity index (χ1n) is 6.01. The number of nitrogens with two attached hydrogens (primary N) is 1. The lowest BCUT2D eigenvalue weighted by Crippen LogP contribution is -2.22. The molecule has 0 aliphatic carbocycles. The maximum Gasteiger partial charge on any atom is 0.418 e. The molecule has 0 spiro atoms. The third-order valence-electron chi connectivity index (χ3n) is 2.93. The van der Waals surface area contributed by atoms with Gasteiger partial charge in [-0.1, -0.05) is 0 Å².